The van der Waals surface area contributed by atoms with E-state index in [2.05, 4.69) is 17.9 Å². The second kappa shape index (κ2) is 8.38. The summed E-state index contributed by atoms with van der Waals surface area (Å²) in [7, 11) is 0. The Morgan fingerprint density at radius 1 is 1.17 bits per heavy atom. The fourth-order valence-electron chi connectivity index (χ4n) is 3.36. The number of carbonyl (C=O) groups is 1. The molecule has 0 spiro atoms. The van der Waals surface area contributed by atoms with Gasteiger partial charge in [0.15, 0.2) is 6.10 Å². The minimum Gasteiger partial charge on any atom is -0.477 e. The van der Waals surface area contributed by atoms with Crippen molar-refractivity contribution in [1.82, 2.24) is 4.90 Å². The molecule has 1 atom stereocenters. The Balaban J connectivity index is 1.68. The third kappa shape index (κ3) is 4.01. The standard InChI is InChI=1S/C19H28N2O3/c1-2-3-4-7-10-21-15-18(19(22)20-11-13-23-14-12-20)24-17-9-6-5-8-16(17)21/h5-6,8-9,18H,2-4,7,10-15H2,1H3. The van der Waals surface area contributed by atoms with Crippen molar-refractivity contribution >= 4 is 11.6 Å². The van der Waals surface area contributed by atoms with Crippen molar-refractivity contribution in [3.63, 3.8) is 0 Å². The first kappa shape index (κ1) is 17.1. The van der Waals surface area contributed by atoms with Crippen molar-refractivity contribution in [2.45, 2.75) is 38.7 Å². The molecule has 1 fully saturated rings. The van der Waals surface area contributed by atoms with Crippen LogP contribution in [0.3, 0.4) is 0 Å². The van der Waals surface area contributed by atoms with Gasteiger partial charge in [-0.3, -0.25) is 4.79 Å². The van der Waals surface area contributed by atoms with Crippen molar-refractivity contribution in [2.75, 3.05) is 44.3 Å². The zero-order valence-electron chi connectivity index (χ0n) is 14.6. The van der Waals surface area contributed by atoms with Crippen molar-refractivity contribution in [2.24, 2.45) is 0 Å². The Labute approximate surface area is 144 Å². The monoisotopic (exact) mass is 332 g/mol. The predicted octanol–water partition coefficient (Wildman–Crippen LogP) is 2.69. The van der Waals surface area contributed by atoms with E-state index in [0.717, 1.165) is 24.4 Å². The molecule has 1 unspecified atom stereocenters. The van der Waals surface area contributed by atoms with E-state index in [1.807, 2.05) is 23.1 Å². The lowest BCUT2D eigenvalue weighted by Crippen LogP contribution is -2.53. The minimum atomic E-state index is -0.413. The fourth-order valence-corrected chi connectivity index (χ4v) is 3.36. The molecule has 2 aliphatic heterocycles. The molecule has 1 aromatic carbocycles. The number of unbranched alkanes of at least 4 members (excludes halogenated alkanes) is 3. The molecule has 3 rings (SSSR count). The minimum absolute atomic E-state index is 0.0892. The summed E-state index contributed by atoms with van der Waals surface area (Å²) in [5, 5.41) is 0. The van der Waals surface area contributed by atoms with Gasteiger partial charge in [-0.25, -0.2) is 0 Å². The number of amides is 1. The Morgan fingerprint density at radius 3 is 2.75 bits per heavy atom. The second-order valence-electron chi connectivity index (χ2n) is 6.52. The smallest absolute Gasteiger partial charge is 0.265 e. The molecule has 0 saturated carbocycles. The van der Waals surface area contributed by atoms with E-state index in [0.29, 0.717) is 32.8 Å². The number of morpholine rings is 1. The molecule has 5 heteroatoms. The maximum absolute atomic E-state index is 12.8. The summed E-state index contributed by atoms with van der Waals surface area (Å²) in [6, 6.07) is 8.05. The van der Waals surface area contributed by atoms with Crippen LogP contribution >= 0.6 is 0 Å². The van der Waals surface area contributed by atoms with E-state index in [4.69, 9.17) is 9.47 Å². The van der Waals surface area contributed by atoms with Crippen LogP contribution in [0.15, 0.2) is 24.3 Å². The maximum atomic E-state index is 12.8. The third-order valence-electron chi connectivity index (χ3n) is 4.74. The predicted molar refractivity (Wildman–Crippen MR) is 94.6 cm³/mol. The second-order valence-corrected chi connectivity index (χ2v) is 6.52. The Bertz CT molecular complexity index is 543. The van der Waals surface area contributed by atoms with Crippen molar-refractivity contribution in [1.29, 1.82) is 0 Å². The third-order valence-corrected chi connectivity index (χ3v) is 4.74. The number of rotatable bonds is 6. The van der Waals surface area contributed by atoms with Gasteiger partial charge >= 0.3 is 0 Å². The van der Waals surface area contributed by atoms with Gasteiger partial charge in [0, 0.05) is 19.6 Å². The molecule has 0 bridgehead atoms. The molecule has 24 heavy (non-hydrogen) atoms. The van der Waals surface area contributed by atoms with Crippen LogP contribution < -0.4 is 9.64 Å². The molecule has 0 aromatic heterocycles. The number of hydrogen-bond acceptors (Lipinski definition) is 4. The largest absolute Gasteiger partial charge is 0.477 e. The first-order chi connectivity index (χ1) is 11.8. The molecular weight excluding hydrogens is 304 g/mol. The van der Waals surface area contributed by atoms with E-state index in [-0.39, 0.29) is 5.91 Å². The van der Waals surface area contributed by atoms with Crippen LogP contribution in [0.5, 0.6) is 5.75 Å². The number of hydrogen-bond donors (Lipinski definition) is 0. The van der Waals surface area contributed by atoms with Crippen molar-refractivity contribution in [3.8, 4) is 5.75 Å². The molecule has 1 amide bonds. The molecule has 2 aliphatic rings. The highest BCUT2D eigenvalue weighted by molar-refractivity contribution is 5.83. The van der Waals surface area contributed by atoms with E-state index in [9.17, 15) is 4.79 Å². The average molecular weight is 332 g/mol. The molecule has 1 saturated heterocycles. The highest BCUT2D eigenvalue weighted by Gasteiger charge is 2.33. The topological polar surface area (TPSA) is 42.0 Å². The number of nitrogens with zero attached hydrogens (tertiary/aromatic N) is 2. The number of fused-ring (bicyclic) bond motifs is 1. The van der Waals surface area contributed by atoms with Gasteiger partial charge in [-0.2, -0.15) is 0 Å². The summed E-state index contributed by atoms with van der Waals surface area (Å²) in [6.45, 7) is 6.41. The van der Waals surface area contributed by atoms with Crippen LogP contribution in [0.1, 0.15) is 32.6 Å². The van der Waals surface area contributed by atoms with Crippen molar-refractivity contribution < 1.29 is 14.3 Å². The van der Waals surface area contributed by atoms with E-state index >= 15 is 0 Å². The molecule has 132 valence electrons. The van der Waals surface area contributed by atoms with Gasteiger partial charge in [-0.15, -0.1) is 0 Å². The number of carbonyl (C=O) groups excluding carboxylic acids is 1. The van der Waals surface area contributed by atoms with Gasteiger partial charge in [-0.05, 0) is 18.6 Å². The van der Waals surface area contributed by atoms with Crippen LogP contribution in [0, 0.1) is 0 Å². The lowest BCUT2D eigenvalue weighted by atomic mass is 10.1. The Kier molecular flexibility index (Phi) is 5.96. The van der Waals surface area contributed by atoms with Gasteiger partial charge in [0.2, 0.25) is 0 Å². The summed E-state index contributed by atoms with van der Waals surface area (Å²) < 4.78 is 11.4. The maximum Gasteiger partial charge on any atom is 0.265 e. The van der Waals surface area contributed by atoms with Crippen LogP contribution in [0.25, 0.3) is 0 Å². The molecule has 0 N–H and O–H groups in total. The number of benzene rings is 1. The van der Waals surface area contributed by atoms with Crippen LogP contribution in [-0.4, -0.2) is 56.3 Å². The van der Waals surface area contributed by atoms with Crippen molar-refractivity contribution in [3.05, 3.63) is 24.3 Å². The number of ether oxygens (including phenoxy) is 2. The Hall–Kier alpha value is -1.75. The van der Waals surface area contributed by atoms with Crippen LogP contribution in [0.4, 0.5) is 5.69 Å². The number of para-hydroxylation sites is 2. The quantitative estimate of drug-likeness (QED) is 0.751. The first-order valence-corrected chi connectivity index (χ1v) is 9.16. The lowest BCUT2D eigenvalue weighted by molar-refractivity contribution is -0.142. The summed E-state index contributed by atoms with van der Waals surface area (Å²) >= 11 is 0. The molecule has 0 aliphatic carbocycles. The molecule has 5 nitrogen and oxygen atoms in total. The van der Waals surface area contributed by atoms with Gasteiger partial charge in [-0.1, -0.05) is 38.3 Å². The Morgan fingerprint density at radius 2 is 1.96 bits per heavy atom. The summed E-state index contributed by atoms with van der Waals surface area (Å²) in [5.41, 5.74) is 1.11. The molecular formula is C19H28N2O3. The fraction of sp³-hybridized carbons (Fsp3) is 0.632. The number of anilines is 1. The molecule has 0 radical (unpaired) electrons. The summed E-state index contributed by atoms with van der Waals surface area (Å²) in [6.07, 6.45) is 4.47. The van der Waals surface area contributed by atoms with Gasteiger partial charge < -0.3 is 19.3 Å². The molecule has 1 aromatic rings. The van der Waals surface area contributed by atoms with E-state index in [1.54, 1.807) is 0 Å². The SMILES string of the molecule is CCCCCCN1CC(C(=O)N2CCOCC2)Oc2ccccc21. The lowest BCUT2D eigenvalue weighted by Gasteiger charge is -2.38. The van der Waals surface area contributed by atoms with E-state index < -0.39 is 6.10 Å². The summed E-state index contributed by atoms with van der Waals surface area (Å²) in [4.78, 5) is 17.0. The highest BCUT2D eigenvalue weighted by atomic mass is 16.5. The first-order valence-electron chi connectivity index (χ1n) is 9.16. The highest BCUT2D eigenvalue weighted by Crippen LogP contribution is 2.33. The van der Waals surface area contributed by atoms with Gasteiger partial charge in [0.05, 0.1) is 25.4 Å². The van der Waals surface area contributed by atoms with Crippen LogP contribution in [0.2, 0.25) is 0 Å². The van der Waals surface area contributed by atoms with Gasteiger partial charge in [0.25, 0.3) is 5.91 Å². The van der Waals surface area contributed by atoms with E-state index in [1.165, 1.54) is 19.3 Å². The molecule has 2 heterocycles. The normalized spacial score (nSPS) is 20.5. The van der Waals surface area contributed by atoms with Crippen LogP contribution in [-0.2, 0) is 9.53 Å². The van der Waals surface area contributed by atoms with Gasteiger partial charge in [0.1, 0.15) is 5.75 Å². The average Bonchev–Trinajstić information content (AvgIpc) is 2.65. The zero-order valence-corrected chi connectivity index (χ0v) is 14.6. The summed E-state index contributed by atoms with van der Waals surface area (Å²) in [5.74, 6) is 0.914. The zero-order chi connectivity index (χ0) is 16.8.